The van der Waals surface area contributed by atoms with Gasteiger partial charge < -0.3 is 4.42 Å². The molecule has 0 saturated heterocycles. The van der Waals surface area contributed by atoms with E-state index < -0.39 is 28.2 Å². The van der Waals surface area contributed by atoms with Crippen LogP contribution in [-0.4, -0.2) is 24.9 Å². The predicted octanol–water partition coefficient (Wildman–Crippen LogP) is 3.78. The molecule has 0 fully saturated rings. The SMILES string of the molecule is CS(=O)(=O)N(Cc1ccc(-c2nnc(C(F)F)o2)cc1F)c1ccccc1. The number of para-hydroxylation sites is 1. The second-order valence-electron chi connectivity index (χ2n) is 5.66. The smallest absolute Gasteiger partial charge is 0.314 e. The van der Waals surface area contributed by atoms with E-state index in [4.69, 9.17) is 4.42 Å². The minimum absolute atomic E-state index is 0.0987. The van der Waals surface area contributed by atoms with Crippen molar-refractivity contribution in [3.63, 3.8) is 0 Å². The van der Waals surface area contributed by atoms with Crippen LogP contribution in [0, 0.1) is 5.82 Å². The maximum atomic E-state index is 14.5. The molecule has 0 aliphatic carbocycles. The number of aromatic nitrogens is 2. The van der Waals surface area contributed by atoms with Gasteiger partial charge in [0.1, 0.15) is 5.82 Å². The number of benzene rings is 2. The van der Waals surface area contributed by atoms with E-state index in [1.165, 1.54) is 12.1 Å². The van der Waals surface area contributed by atoms with Crippen LogP contribution in [-0.2, 0) is 16.6 Å². The van der Waals surface area contributed by atoms with Crippen LogP contribution in [0.1, 0.15) is 17.9 Å². The fraction of sp³-hybridized carbons (Fsp3) is 0.176. The zero-order valence-corrected chi connectivity index (χ0v) is 14.8. The van der Waals surface area contributed by atoms with Crippen molar-refractivity contribution in [3.8, 4) is 11.5 Å². The normalized spacial score (nSPS) is 11.7. The molecule has 3 rings (SSSR count). The maximum absolute atomic E-state index is 14.5. The quantitative estimate of drug-likeness (QED) is 0.633. The molecule has 6 nitrogen and oxygen atoms in total. The van der Waals surface area contributed by atoms with E-state index in [1.807, 2.05) is 0 Å². The first-order valence-corrected chi connectivity index (χ1v) is 9.53. The second-order valence-corrected chi connectivity index (χ2v) is 7.56. The molecule has 0 bridgehead atoms. The van der Waals surface area contributed by atoms with Crippen LogP contribution < -0.4 is 4.31 Å². The molecule has 0 atom stereocenters. The number of halogens is 3. The maximum Gasteiger partial charge on any atom is 0.314 e. The molecule has 1 aromatic heterocycles. The number of hydrogen-bond acceptors (Lipinski definition) is 5. The van der Waals surface area contributed by atoms with Crippen LogP contribution in [0.4, 0.5) is 18.9 Å². The van der Waals surface area contributed by atoms with E-state index in [2.05, 4.69) is 10.2 Å². The third-order valence-electron chi connectivity index (χ3n) is 3.69. The van der Waals surface area contributed by atoms with Gasteiger partial charge in [0.15, 0.2) is 0 Å². The molecular weight excluding hydrogens is 383 g/mol. The van der Waals surface area contributed by atoms with Crippen LogP contribution in [0.3, 0.4) is 0 Å². The average molecular weight is 397 g/mol. The van der Waals surface area contributed by atoms with Crippen LogP contribution >= 0.6 is 0 Å². The lowest BCUT2D eigenvalue weighted by atomic mass is 10.1. The monoisotopic (exact) mass is 397 g/mol. The first-order valence-electron chi connectivity index (χ1n) is 7.69. The highest BCUT2D eigenvalue weighted by atomic mass is 32.2. The van der Waals surface area contributed by atoms with Crippen molar-refractivity contribution in [3.05, 3.63) is 65.8 Å². The van der Waals surface area contributed by atoms with Gasteiger partial charge in [0.05, 0.1) is 18.5 Å². The Morgan fingerprint density at radius 1 is 1.11 bits per heavy atom. The number of hydrogen-bond donors (Lipinski definition) is 0. The Kier molecular flexibility index (Phi) is 5.17. The van der Waals surface area contributed by atoms with E-state index in [1.54, 1.807) is 30.3 Å². The van der Waals surface area contributed by atoms with Gasteiger partial charge in [-0.3, -0.25) is 4.31 Å². The summed E-state index contributed by atoms with van der Waals surface area (Å²) < 4.78 is 69.6. The van der Waals surface area contributed by atoms with E-state index in [0.717, 1.165) is 16.6 Å². The molecule has 2 aromatic carbocycles. The Labute approximate surface area is 153 Å². The van der Waals surface area contributed by atoms with Crippen molar-refractivity contribution in [1.82, 2.24) is 10.2 Å². The summed E-state index contributed by atoms with van der Waals surface area (Å²) in [5.41, 5.74) is 0.602. The summed E-state index contributed by atoms with van der Waals surface area (Å²) in [6.07, 6.45) is -1.90. The number of sulfonamides is 1. The summed E-state index contributed by atoms with van der Waals surface area (Å²) in [5, 5.41) is 6.64. The Bertz CT molecular complexity index is 1040. The minimum atomic E-state index is -3.66. The Morgan fingerprint density at radius 2 is 1.81 bits per heavy atom. The van der Waals surface area contributed by atoms with Crippen molar-refractivity contribution in [2.45, 2.75) is 13.0 Å². The second kappa shape index (κ2) is 7.39. The van der Waals surface area contributed by atoms with Gasteiger partial charge >= 0.3 is 6.43 Å². The lowest BCUT2D eigenvalue weighted by Gasteiger charge is -2.22. The molecule has 0 aliphatic rings. The zero-order valence-electron chi connectivity index (χ0n) is 14.0. The van der Waals surface area contributed by atoms with Gasteiger partial charge in [-0.1, -0.05) is 24.3 Å². The van der Waals surface area contributed by atoms with Gasteiger partial charge in [-0.15, -0.1) is 10.2 Å². The first-order chi connectivity index (χ1) is 12.8. The minimum Gasteiger partial charge on any atom is -0.415 e. The van der Waals surface area contributed by atoms with Crippen molar-refractivity contribution in [2.24, 2.45) is 0 Å². The molecule has 0 radical (unpaired) electrons. The van der Waals surface area contributed by atoms with Crippen molar-refractivity contribution >= 4 is 15.7 Å². The summed E-state index contributed by atoms with van der Waals surface area (Å²) >= 11 is 0. The molecule has 27 heavy (non-hydrogen) atoms. The summed E-state index contributed by atoms with van der Waals surface area (Å²) in [5.74, 6) is -1.84. The molecule has 0 saturated carbocycles. The fourth-order valence-electron chi connectivity index (χ4n) is 2.40. The number of nitrogens with zero attached hydrogens (tertiary/aromatic N) is 3. The van der Waals surface area contributed by atoms with E-state index in [9.17, 15) is 21.6 Å². The van der Waals surface area contributed by atoms with Gasteiger partial charge in [0.2, 0.25) is 15.9 Å². The molecular formula is C17H14F3N3O3S. The molecule has 1 heterocycles. The van der Waals surface area contributed by atoms with Gasteiger partial charge in [-0.05, 0) is 24.3 Å². The first kappa shape index (κ1) is 18.9. The molecule has 10 heteroatoms. The van der Waals surface area contributed by atoms with E-state index in [-0.39, 0.29) is 23.6 Å². The van der Waals surface area contributed by atoms with Gasteiger partial charge in [-0.25, -0.2) is 12.8 Å². The summed E-state index contributed by atoms with van der Waals surface area (Å²) in [6.45, 7) is -0.235. The molecule has 0 N–H and O–H groups in total. The highest BCUT2D eigenvalue weighted by molar-refractivity contribution is 7.92. The standard InChI is InChI=1S/C17H14F3N3O3S/c1-27(24,25)23(13-5-3-2-4-6-13)10-12-8-7-11(9-14(12)18)16-21-22-17(26-16)15(19)20/h2-9,15H,10H2,1H3. The zero-order chi connectivity index (χ0) is 19.6. The molecule has 0 unspecified atom stereocenters. The largest absolute Gasteiger partial charge is 0.415 e. The summed E-state index contributed by atoms with van der Waals surface area (Å²) in [4.78, 5) is 0. The number of anilines is 1. The van der Waals surface area contributed by atoms with Gasteiger partial charge in [0, 0.05) is 11.1 Å². The Hall–Kier alpha value is -2.88. The van der Waals surface area contributed by atoms with Crippen LogP contribution in [0.25, 0.3) is 11.5 Å². The highest BCUT2D eigenvalue weighted by Gasteiger charge is 2.21. The van der Waals surface area contributed by atoms with E-state index in [0.29, 0.717) is 5.69 Å². The average Bonchev–Trinajstić information content (AvgIpc) is 3.11. The summed E-state index contributed by atoms with van der Waals surface area (Å²) in [6, 6.07) is 12.0. The van der Waals surface area contributed by atoms with Gasteiger partial charge in [0.25, 0.3) is 5.89 Å². The Morgan fingerprint density at radius 3 is 2.37 bits per heavy atom. The number of alkyl halides is 2. The molecule has 0 amide bonds. The molecule has 3 aromatic rings. The molecule has 0 aliphatic heterocycles. The van der Waals surface area contributed by atoms with Crippen LogP contribution in [0.5, 0.6) is 0 Å². The topological polar surface area (TPSA) is 76.3 Å². The number of rotatable bonds is 6. The van der Waals surface area contributed by atoms with E-state index >= 15 is 0 Å². The van der Waals surface area contributed by atoms with Crippen LogP contribution in [0.2, 0.25) is 0 Å². The van der Waals surface area contributed by atoms with Crippen molar-refractivity contribution in [2.75, 3.05) is 10.6 Å². The lowest BCUT2D eigenvalue weighted by molar-refractivity contribution is 0.116. The van der Waals surface area contributed by atoms with Crippen molar-refractivity contribution < 1.29 is 26.0 Å². The molecule has 142 valence electrons. The van der Waals surface area contributed by atoms with Gasteiger partial charge in [-0.2, -0.15) is 8.78 Å². The Balaban J connectivity index is 1.90. The summed E-state index contributed by atoms with van der Waals surface area (Å²) in [7, 11) is -3.66. The molecule has 0 spiro atoms. The lowest BCUT2D eigenvalue weighted by Crippen LogP contribution is -2.29. The third kappa shape index (κ3) is 4.27. The van der Waals surface area contributed by atoms with Crippen LogP contribution in [0.15, 0.2) is 52.9 Å². The third-order valence-corrected chi connectivity index (χ3v) is 4.83. The predicted molar refractivity (Wildman–Crippen MR) is 92.1 cm³/mol. The highest BCUT2D eigenvalue weighted by Crippen LogP contribution is 2.26. The van der Waals surface area contributed by atoms with Crippen molar-refractivity contribution in [1.29, 1.82) is 0 Å². The fourth-order valence-corrected chi connectivity index (χ4v) is 3.28.